The van der Waals surface area contributed by atoms with E-state index in [0.29, 0.717) is 13.1 Å². The Hall–Kier alpha value is -1.00. The number of piperazine rings is 1. The van der Waals surface area contributed by atoms with Gasteiger partial charge < -0.3 is 5.32 Å². The molecule has 1 fully saturated rings. The lowest BCUT2D eigenvalue weighted by Crippen LogP contribution is -2.46. The highest BCUT2D eigenvalue weighted by molar-refractivity contribution is 5.31. The van der Waals surface area contributed by atoms with E-state index in [1.165, 1.54) is 0 Å². The van der Waals surface area contributed by atoms with Gasteiger partial charge in [-0.1, -0.05) is 29.3 Å². The van der Waals surface area contributed by atoms with Gasteiger partial charge in [0.1, 0.15) is 0 Å². The third-order valence-electron chi connectivity index (χ3n) is 3.37. The molecule has 1 saturated heterocycles. The molecule has 1 aromatic carbocycles. The highest BCUT2D eigenvalue weighted by Gasteiger charge is 2.30. The van der Waals surface area contributed by atoms with Gasteiger partial charge in [-0.25, -0.2) is 8.78 Å². The monoisotopic (exact) mass is 254 g/mol. The Morgan fingerprint density at radius 3 is 2.11 bits per heavy atom. The third-order valence-corrected chi connectivity index (χ3v) is 3.37. The highest BCUT2D eigenvalue weighted by Crippen LogP contribution is 2.29. The maximum absolute atomic E-state index is 13.4. The maximum atomic E-state index is 13.4. The number of nitrogens with one attached hydrogen (secondary N) is 1. The first kappa shape index (κ1) is 13.4. The maximum Gasteiger partial charge on any atom is 0.258 e. The van der Waals surface area contributed by atoms with Crippen LogP contribution in [0.5, 0.6) is 0 Å². The topological polar surface area (TPSA) is 15.3 Å². The van der Waals surface area contributed by atoms with Gasteiger partial charge in [-0.2, -0.15) is 0 Å². The molecule has 0 bridgehead atoms. The van der Waals surface area contributed by atoms with Crippen molar-refractivity contribution in [3.63, 3.8) is 0 Å². The number of alkyl halides is 2. The molecule has 0 unspecified atom stereocenters. The number of hydrogen-bond acceptors (Lipinski definition) is 2. The molecule has 1 aliphatic rings. The Balaban J connectivity index is 2.28. The second-order valence-electron chi connectivity index (χ2n) is 4.99. The third kappa shape index (κ3) is 3.06. The second-order valence-corrected chi connectivity index (χ2v) is 4.99. The van der Waals surface area contributed by atoms with Crippen molar-refractivity contribution in [2.45, 2.75) is 26.3 Å². The van der Waals surface area contributed by atoms with Crippen LogP contribution in [-0.4, -0.2) is 37.5 Å². The standard InChI is InChI=1S/C14H20F2N2/c1-10-7-11(2)9-12(8-10)13(14(15)16)18-5-3-17-4-6-18/h7-9,13-14,17H,3-6H2,1-2H3/t13-/m0/s1. The molecule has 1 N–H and O–H groups in total. The fraction of sp³-hybridized carbons (Fsp3) is 0.571. The molecular formula is C14H20F2N2. The molecule has 2 rings (SSSR count). The molecule has 0 aromatic heterocycles. The van der Waals surface area contributed by atoms with E-state index in [4.69, 9.17) is 0 Å². The average molecular weight is 254 g/mol. The Morgan fingerprint density at radius 1 is 1.06 bits per heavy atom. The summed E-state index contributed by atoms with van der Waals surface area (Å²) in [7, 11) is 0. The largest absolute Gasteiger partial charge is 0.314 e. The smallest absolute Gasteiger partial charge is 0.258 e. The summed E-state index contributed by atoms with van der Waals surface area (Å²) >= 11 is 0. The lowest BCUT2D eigenvalue weighted by molar-refractivity contribution is 0.0181. The summed E-state index contributed by atoms with van der Waals surface area (Å²) < 4.78 is 26.7. The molecular weight excluding hydrogens is 234 g/mol. The molecule has 0 spiro atoms. The Morgan fingerprint density at radius 2 is 1.61 bits per heavy atom. The fourth-order valence-corrected chi connectivity index (χ4v) is 2.66. The fourth-order valence-electron chi connectivity index (χ4n) is 2.66. The summed E-state index contributed by atoms with van der Waals surface area (Å²) in [5, 5.41) is 3.20. The molecule has 4 heteroatoms. The summed E-state index contributed by atoms with van der Waals surface area (Å²) in [5.74, 6) is 0. The Bertz CT molecular complexity index is 381. The van der Waals surface area contributed by atoms with Crippen LogP contribution in [0.4, 0.5) is 8.78 Å². The molecule has 100 valence electrons. The molecule has 1 aliphatic heterocycles. The molecule has 0 amide bonds. The van der Waals surface area contributed by atoms with E-state index in [9.17, 15) is 8.78 Å². The summed E-state index contributed by atoms with van der Waals surface area (Å²) in [6, 6.07) is 5.01. The van der Waals surface area contributed by atoms with Crippen LogP contribution in [0.25, 0.3) is 0 Å². The molecule has 1 atom stereocenters. The lowest BCUT2D eigenvalue weighted by Gasteiger charge is -2.34. The van der Waals surface area contributed by atoms with Crippen LogP contribution in [0.2, 0.25) is 0 Å². The van der Waals surface area contributed by atoms with E-state index in [2.05, 4.69) is 5.32 Å². The van der Waals surface area contributed by atoms with E-state index in [1.807, 2.05) is 36.9 Å². The van der Waals surface area contributed by atoms with Gasteiger partial charge in [0.15, 0.2) is 0 Å². The zero-order valence-corrected chi connectivity index (χ0v) is 10.9. The van der Waals surface area contributed by atoms with Gasteiger partial charge >= 0.3 is 0 Å². The summed E-state index contributed by atoms with van der Waals surface area (Å²) in [4.78, 5) is 1.88. The first-order valence-electron chi connectivity index (χ1n) is 6.39. The first-order valence-corrected chi connectivity index (χ1v) is 6.39. The van der Waals surface area contributed by atoms with Gasteiger partial charge in [0, 0.05) is 26.2 Å². The van der Waals surface area contributed by atoms with Crippen molar-refractivity contribution in [3.8, 4) is 0 Å². The van der Waals surface area contributed by atoms with Crippen molar-refractivity contribution < 1.29 is 8.78 Å². The van der Waals surface area contributed by atoms with Gasteiger partial charge in [-0.15, -0.1) is 0 Å². The predicted octanol–water partition coefficient (Wildman–Crippen LogP) is 2.51. The van der Waals surface area contributed by atoms with Crippen LogP contribution in [0.1, 0.15) is 22.7 Å². The predicted molar refractivity (Wildman–Crippen MR) is 69.1 cm³/mol. The molecule has 2 nitrogen and oxygen atoms in total. The normalized spacial score (nSPS) is 19.2. The summed E-state index contributed by atoms with van der Waals surface area (Å²) in [6.07, 6.45) is -2.34. The van der Waals surface area contributed by atoms with Crippen molar-refractivity contribution in [2.24, 2.45) is 0 Å². The first-order chi connectivity index (χ1) is 8.58. The molecule has 1 heterocycles. The average Bonchev–Trinajstić information content (AvgIpc) is 2.28. The summed E-state index contributed by atoms with van der Waals surface area (Å²) in [6.45, 7) is 6.85. The van der Waals surface area contributed by atoms with Crippen molar-refractivity contribution in [2.75, 3.05) is 26.2 Å². The SMILES string of the molecule is Cc1cc(C)cc([C@@H](C(F)F)N2CCNCC2)c1. The van der Waals surface area contributed by atoms with Crippen LogP contribution in [0.3, 0.4) is 0 Å². The van der Waals surface area contributed by atoms with Crippen LogP contribution >= 0.6 is 0 Å². The van der Waals surface area contributed by atoms with Gasteiger partial charge in [0.05, 0.1) is 6.04 Å². The number of aryl methyl sites for hydroxylation is 2. The quantitative estimate of drug-likeness (QED) is 0.891. The molecule has 0 saturated carbocycles. The Kier molecular flexibility index (Phi) is 4.30. The molecule has 1 aromatic rings. The van der Waals surface area contributed by atoms with Crippen molar-refractivity contribution in [3.05, 3.63) is 34.9 Å². The zero-order valence-electron chi connectivity index (χ0n) is 10.9. The van der Waals surface area contributed by atoms with Crippen molar-refractivity contribution in [1.29, 1.82) is 0 Å². The van der Waals surface area contributed by atoms with Crippen molar-refractivity contribution >= 4 is 0 Å². The Labute approximate surface area is 107 Å². The van der Waals surface area contributed by atoms with E-state index in [1.54, 1.807) is 0 Å². The van der Waals surface area contributed by atoms with Crippen molar-refractivity contribution in [1.82, 2.24) is 10.2 Å². The van der Waals surface area contributed by atoms with Gasteiger partial charge in [-0.3, -0.25) is 4.90 Å². The molecule has 18 heavy (non-hydrogen) atoms. The van der Waals surface area contributed by atoms with E-state index in [0.717, 1.165) is 29.8 Å². The second kappa shape index (κ2) is 5.76. The number of hydrogen-bond donors (Lipinski definition) is 1. The number of rotatable bonds is 3. The summed E-state index contributed by atoms with van der Waals surface area (Å²) in [5.41, 5.74) is 2.83. The lowest BCUT2D eigenvalue weighted by atomic mass is 10.00. The van der Waals surface area contributed by atoms with E-state index >= 15 is 0 Å². The molecule has 0 radical (unpaired) electrons. The number of benzene rings is 1. The zero-order chi connectivity index (χ0) is 13.1. The highest BCUT2D eigenvalue weighted by atomic mass is 19.3. The minimum Gasteiger partial charge on any atom is -0.314 e. The van der Waals surface area contributed by atoms with E-state index < -0.39 is 12.5 Å². The number of nitrogens with zero attached hydrogens (tertiary/aromatic N) is 1. The van der Waals surface area contributed by atoms with Crippen LogP contribution in [0, 0.1) is 13.8 Å². The van der Waals surface area contributed by atoms with Crippen LogP contribution < -0.4 is 5.32 Å². The van der Waals surface area contributed by atoms with Gasteiger partial charge in [0.2, 0.25) is 0 Å². The van der Waals surface area contributed by atoms with Gasteiger partial charge in [-0.05, 0) is 19.4 Å². The number of halogens is 2. The van der Waals surface area contributed by atoms with Crippen LogP contribution in [-0.2, 0) is 0 Å². The van der Waals surface area contributed by atoms with E-state index in [-0.39, 0.29) is 0 Å². The van der Waals surface area contributed by atoms with Gasteiger partial charge in [0.25, 0.3) is 6.43 Å². The molecule has 0 aliphatic carbocycles. The van der Waals surface area contributed by atoms with Crippen LogP contribution in [0.15, 0.2) is 18.2 Å². The minimum atomic E-state index is -2.34. The minimum absolute atomic E-state index is 0.683.